The average Bonchev–Trinajstić information content (AvgIpc) is 3.03. The number of aliphatic hydroxyl groups is 6. The summed E-state index contributed by atoms with van der Waals surface area (Å²) in [4.78, 5) is 21.4. The van der Waals surface area contributed by atoms with E-state index >= 15 is 0 Å². The topological polar surface area (TPSA) is 304 Å². The summed E-state index contributed by atoms with van der Waals surface area (Å²) in [6, 6.07) is -3.57. The molecule has 0 spiro atoms. The summed E-state index contributed by atoms with van der Waals surface area (Å²) in [6.07, 6.45) is -13.1. The molecule has 47 heavy (non-hydrogen) atoms. The number of carbonyl (C=O) groups is 2. The van der Waals surface area contributed by atoms with Crippen molar-refractivity contribution < 1.29 is 78.5 Å². The third-order valence-corrected chi connectivity index (χ3v) is 7.86. The van der Waals surface area contributed by atoms with Crippen LogP contribution in [0.1, 0.15) is 33.1 Å². The lowest BCUT2D eigenvalue weighted by Crippen LogP contribution is -2.70. The largest absolute Gasteiger partial charge is 0.481 e. The van der Waals surface area contributed by atoms with E-state index in [0.29, 0.717) is 6.42 Å². The molecule has 278 valence electrons. The Balaban J connectivity index is 0.00000124. The Bertz CT molecular complexity index is 925. The molecular formula is C27H52ClN3O16. The quantitative estimate of drug-likeness (QED) is 0.0861. The summed E-state index contributed by atoms with van der Waals surface area (Å²) in [7, 11) is 2.61. The highest BCUT2D eigenvalue weighted by Crippen LogP contribution is 2.32. The van der Waals surface area contributed by atoms with Crippen LogP contribution in [-0.2, 0) is 42.7 Å². The molecule has 0 aliphatic carbocycles. The molecule has 3 saturated heterocycles. The molecular weight excluding hydrogens is 658 g/mol. The molecule has 19 nitrogen and oxygen atoms in total. The fraction of sp³-hybridized carbons (Fsp3) is 0.926. The van der Waals surface area contributed by atoms with Gasteiger partial charge in [-0.2, -0.15) is 0 Å². The minimum atomic E-state index is -1.55. The second-order valence-electron chi connectivity index (χ2n) is 11.2. The van der Waals surface area contributed by atoms with E-state index in [-0.39, 0.29) is 12.4 Å². The number of rotatable bonds is 13. The number of nitrogens with one attached hydrogen (secondary N) is 1. The number of carbonyl (C=O) groups excluding carboxylic acids is 1. The monoisotopic (exact) mass is 709 g/mol. The Morgan fingerprint density at radius 3 is 1.53 bits per heavy atom. The van der Waals surface area contributed by atoms with Crippen molar-refractivity contribution in [3.8, 4) is 0 Å². The molecule has 12 N–H and O–H groups in total. The number of hydrogen-bond acceptors (Lipinski definition) is 17. The van der Waals surface area contributed by atoms with Gasteiger partial charge in [-0.25, -0.2) is 0 Å². The van der Waals surface area contributed by atoms with Crippen LogP contribution < -0.4 is 16.8 Å². The maximum Gasteiger partial charge on any atom is 0.303 e. The van der Waals surface area contributed by atoms with E-state index in [0.717, 1.165) is 12.8 Å². The first-order valence-corrected chi connectivity index (χ1v) is 15.0. The lowest BCUT2D eigenvalue weighted by Gasteiger charge is -2.49. The highest BCUT2D eigenvalue weighted by molar-refractivity contribution is 5.85. The maximum absolute atomic E-state index is 11.7. The van der Waals surface area contributed by atoms with Gasteiger partial charge in [-0.1, -0.05) is 13.3 Å². The van der Waals surface area contributed by atoms with Crippen molar-refractivity contribution in [3.05, 3.63) is 0 Å². The molecule has 0 radical (unpaired) electrons. The van der Waals surface area contributed by atoms with Crippen LogP contribution in [0.4, 0.5) is 0 Å². The van der Waals surface area contributed by atoms with Gasteiger partial charge in [-0.3, -0.25) is 9.59 Å². The number of ether oxygens (including phenoxy) is 7. The van der Waals surface area contributed by atoms with Crippen LogP contribution >= 0.6 is 12.4 Å². The van der Waals surface area contributed by atoms with Crippen LogP contribution in [0.25, 0.3) is 0 Å². The van der Waals surface area contributed by atoms with Crippen molar-refractivity contribution in [1.29, 1.82) is 0 Å². The summed E-state index contributed by atoms with van der Waals surface area (Å²) in [6.45, 7) is 1.39. The van der Waals surface area contributed by atoms with Gasteiger partial charge in [0.1, 0.15) is 61.0 Å². The number of carboxylic acid groups (broad SMARTS) is 1. The number of aliphatic hydroxyl groups excluding tert-OH is 6. The zero-order valence-electron chi connectivity index (χ0n) is 26.8. The van der Waals surface area contributed by atoms with Crippen LogP contribution in [-0.4, -0.2) is 174 Å². The minimum absolute atomic E-state index is 0. The second-order valence-corrected chi connectivity index (χ2v) is 11.2. The lowest BCUT2D eigenvalue weighted by atomic mass is 9.94. The zero-order valence-corrected chi connectivity index (χ0v) is 27.6. The van der Waals surface area contributed by atoms with Crippen molar-refractivity contribution in [3.63, 3.8) is 0 Å². The summed E-state index contributed by atoms with van der Waals surface area (Å²) in [5, 5.41) is 72.5. The zero-order chi connectivity index (χ0) is 34.7. The molecule has 20 heteroatoms. The van der Waals surface area contributed by atoms with E-state index in [1.165, 1.54) is 21.1 Å². The molecule has 0 aromatic carbocycles. The molecule has 3 aliphatic heterocycles. The fourth-order valence-electron chi connectivity index (χ4n) is 5.34. The van der Waals surface area contributed by atoms with Gasteiger partial charge >= 0.3 is 5.97 Å². The number of nitrogens with two attached hydrogens (primary N) is 2. The van der Waals surface area contributed by atoms with Crippen LogP contribution in [0.3, 0.4) is 0 Å². The van der Waals surface area contributed by atoms with Crippen LogP contribution in [0.15, 0.2) is 0 Å². The molecule has 3 fully saturated rings. The minimum Gasteiger partial charge on any atom is -0.481 e. The Hall–Kier alpha value is -1.37. The van der Waals surface area contributed by atoms with E-state index in [1.807, 2.05) is 6.92 Å². The number of halogens is 1. The maximum atomic E-state index is 11.7. The first kappa shape index (κ1) is 43.7. The van der Waals surface area contributed by atoms with Gasteiger partial charge in [0.25, 0.3) is 0 Å². The molecule has 0 aromatic rings. The number of hydrogen-bond donors (Lipinski definition) is 10. The first-order chi connectivity index (χ1) is 21.8. The molecule has 3 aliphatic rings. The van der Waals surface area contributed by atoms with Crippen molar-refractivity contribution >= 4 is 24.3 Å². The second kappa shape index (κ2) is 21.0. The van der Waals surface area contributed by atoms with Crippen molar-refractivity contribution in [2.45, 2.75) is 125 Å². The van der Waals surface area contributed by atoms with Gasteiger partial charge in [0, 0.05) is 27.6 Å². The van der Waals surface area contributed by atoms with Crippen LogP contribution in [0, 0.1) is 0 Å². The Morgan fingerprint density at radius 1 is 0.745 bits per heavy atom. The Morgan fingerprint density at radius 2 is 1.17 bits per heavy atom. The molecule has 3 rings (SSSR count). The standard InChI is InChI=1S/C22H41N3O14.C5H10O2.ClH/c1-7(29)25-13-16(32)19(10(6-28)37-22(13)34-3)39-21-12(24)15(31)18(9(5-27)36-21)38-20-11(23)14(30)17(33-2)8(4-26)35-20;1-2-3-4-5(6)7;/h8-22,26-28,30-32H,4-6,23-24H2,1-3H3,(H,25,29);2-4H2,1H3,(H,6,7);1H/t8-,9?,10?,11?,12-,13?,14?,15+,16?,17+,18+,19+,20?,21?,22+;;/m0../s1. The SMILES string of the molecule is CCCCC(=O)O.CO[C@@H]1OC(CO)[C@@H](OC2OC(CO)[C@@H](OC3O[C@@H](CO)[C@@H](OC)C(O)C3N)[C@H](O)[C@@H]2N)C(O)C1NC(C)=O.Cl. The number of methoxy groups -OCH3 is 2. The predicted molar refractivity (Wildman–Crippen MR) is 161 cm³/mol. The third kappa shape index (κ3) is 11.3. The van der Waals surface area contributed by atoms with E-state index in [4.69, 9.17) is 49.7 Å². The van der Waals surface area contributed by atoms with E-state index < -0.39 is 124 Å². The molecule has 8 unspecified atom stereocenters. The van der Waals surface area contributed by atoms with Gasteiger partial charge in [0.05, 0.1) is 31.9 Å². The average molecular weight is 710 g/mol. The number of unbranched alkanes of at least 4 members (excludes halogenated alkanes) is 1. The summed E-state index contributed by atoms with van der Waals surface area (Å²) in [5.74, 6) is -1.18. The van der Waals surface area contributed by atoms with Crippen LogP contribution in [0.5, 0.6) is 0 Å². The molecule has 0 bridgehead atoms. The molecule has 15 atom stereocenters. The van der Waals surface area contributed by atoms with Gasteiger partial charge in [-0.15, -0.1) is 12.4 Å². The normalized spacial score (nSPS) is 40.4. The summed E-state index contributed by atoms with van der Waals surface area (Å²) < 4.78 is 39.0. The smallest absolute Gasteiger partial charge is 0.303 e. The molecule has 1 amide bonds. The van der Waals surface area contributed by atoms with Crippen molar-refractivity contribution in [2.24, 2.45) is 11.5 Å². The highest BCUT2D eigenvalue weighted by atomic mass is 35.5. The van der Waals surface area contributed by atoms with Gasteiger partial charge in [-0.05, 0) is 6.42 Å². The van der Waals surface area contributed by atoms with E-state index in [9.17, 15) is 40.2 Å². The van der Waals surface area contributed by atoms with Gasteiger partial charge < -0.3 is 85.7 Å². The number of aliphatic carboxylic acids is 1. The van der Waals surface area contributed by atoms with E-state index in [2.05, 4.69) is 5.32 Å². The molecule has 0 saturated carbocycles. The number of amides is 1. The van der Waals surface area contributed by atoms with Gasteiger partial charge in [0.15, 0.2) is 18.9 Å². The van der Waals surface area contributed by atoms with Crippen molar-refractivity contribution in [1.82, 2.24) is 5.32 Å². The number of carboxylic acids is 1. The summed E-state index contributed by atoms with van der Waals surface area (Å²) in [5.41, 5.74) is 12.2. The molecule has 0 aromatic heterocycles. The first-order valence-electron chi connectivity index (χ1n) is 15.0. The van der Waals surface area contributed by atoms with Crippen molar-refractivity contribution in [2.75, 3.05) is 34.0 Å². The Kier molecular flexibility index (Phi) is 19.5. The van der Waals surface area contributed by atoms with E-state index in [1.54, 1.807) is 0 Å². The Labute approximate surface area is 278 Å². The fourth-order valence-corrected chi connectivity index (χ4v) is 5.34. The highest BCUT2D eigenvalue weighted by Gasteiger charge is 2.53. The third-order valence-electron chi connectivity index (χ3n) is 7.86. The summed E-state index contributed by atoms with van der Waals surface area (Å²) >= 11 is 0. The predicted octanol–water partition coefficient (Wildman–Crippen LogP) is -4.51. The lowest BCUT2D eigenvalue weighted by molar-refractivity contribution is -0.350. The van der Waals surface area contributed by atoms with Crippen LogP contribution in [0.2, 0.25) is 0 Å². The molecule has 3 heterocycles. The van der Waals surface area contributed by atoms with Gasteiger partial charge in [0.2, 0.25) is 5.91 Å².